The Balaban J connectivity index is 1.68. The zero-order valence-electron chi connectivity index (χ0n) is 14.0. The first-order chi connectivity index (χ1) is 12.7. The normalized spacial score (nSPS) is 10.2. The molecule has 0 spiro atoms. The summed E-state index contributed by atoms with van der Waals surface area (Å²) < 4.78 is 4.68. The highest BCUT2D eigenvalue weighted by molar-refractivity contribution is 7.99. The van der Waals surface area contributed by atoms with Crippen LogP contribution in [0.2, 0.25) is 0 Å². The largest absolute Gasteiger partial charge is 0.465 e. The second-order valence-corrected chi connectivity index (χ2v) is 6.41. The van der Waals surface area contributed by atoms with Gasteiger partial charge in [0.05, 0.1) is 12.7 Å². The van der Waals surface area contributed by atoms with Crippen LogP contribution in [-0.4, -0.2) is 24.0 Å². The zero-order valence-corrected chi connectivity index (χ0v) is 14.8. The van der Waals surface area contributed by atoms with Crippen LogP contribution in [0.25, 0.3) is 0 Å². The number of nitrogens with zero attached hydrogens (tertiary/aromatic N) is 1. The molecule has 0 unspecified atom stereocenters. The summed E-state index contributed by atoms with van der Waals surface area (Å²) in [4.78, 5) is 29.2. The summed E-state index contributed by atoms with van der Waals surface area (Å²) in [7, 11) is 1.32. The number of ether oxygens (including phenoxy) is 1. The minimum Gasteiger partial charge on any atom is -0.465 e. The number of benzene rings is 2. The fourth-order valence-electron chi connectivity index (χ4n) is 2.25. The summed E-state index contributed by atoms with van der Waals surface area (Å²) >= 11 is 1.53. The predicted octanol–water partition coefficient (Wildman–Crippen LogP) is 4.27. The van der Waals surface area contributed by atoms with Crippen LogP contribution >= 0.6 is 11.8 Å². The van der Waals surface area contributed by atoms with Gasteiger partial charge in [0.25, 0.3) is 5.91 Å². The van der Waals surface area contributed by atoms with Crippen molar-refractivity contribution in [3.05, 3.63) is 84.1 Å². The van der Waals surface area contributed by atoms with E-state index in [-0.39, 0.29) is 5.91 Å². The van der Waals surface area contributed by atoms with Crippen LogP contribution in [0.5, 0.6) is 0 Å². The van der Waals surface area contributed by atoms with Gasteiger partial charge in [0, 0.05) is 22.3 Å². The molecule has 0 aliphatic carbocycles. The van der Waals surface area contributed by atoms with Gasteiger partial charge < -0.3 is 10.1 Å². The van der Waals surface area contributed by atoms with Gasteiger partial charge in [-0.2, -0.15) is 0 Å². The van der Waals surface area contributed by atoms with E-state index in [9.17, 15) is 9.59 Å². The Hall–Kier alpha value is -3.12. The molecule has 1 aromatic heterocycles. The van der Waals surface area contributed by atoms with E-state index < -0.39 is 5.97 Å². The fourth-order valence-corrected chi connectivity index (χ4v) is 3.02. The van der Waals surface area contributed by atoms with Gasteiger partial charge in [-0.1, -0.05) is 23.9 Å². The van der Waals surface area contributed by atoms with Gasteiger partial charge in [0.2, 0.25) is 0 Å². The molecule has 1 amide bonds. The molecule has 0 fully saturated rings. The number of methoxy groups -OCH3 is 1. The van der Waals surface area contributed by atoms with Crippen LogP contribution in [0.3, 0.4) is 0 Å². The molecule has 0 aliphatic heterocycles. The van der Waals surface area contributed by atoms with Gasteiger partial charge in [-0.15, -0.1) is 0 Å². The Morgan fingerprint density at radius 3 is 2.46 bits per heavy atom. The standard InChI is InChI=1S/C20H16N2O3S/c1-25-20(24)15-5-4-6-16(13-15)22-19(23)14-8-10-17(11-9-14)26-18-7-2-3-12-21-18/h2-13H,1H3,(H,22,23). The molecule has 0 radical (unpaired) electrons. The highest BCUT2D eigenvalue weighted by Crippen LogP contribution is 2.25. The number of anilines is 1. The Bertz CT molecular complexity index is 912. The lowest BCUT2D eigenvalue weighted by Crippen LogP contribution is -2.12. The first-order valence-electron chi connectivity index (χ1n) is 7.84. The molecule has 3 aromatic rings. The minimum absolute atomic E-state index is 0.249. The lowest BCUT2D eigenvalue weighted by Gasteiger charge is -2.07. The zero-order chi connectivity index (χ0) is 18.4. The van der Waals surface area contributed by atoms with Crippen LogP contribution in [0.1, 0.15) is 20.7 Å². The van der Waals surface area contributed by atoms with E-state index in [0.29, 0.717) is 16.8 Å². The monoisotopic (exact) mass is 364 g/mol. The molecule has 0 atom stereocenters. The van der Waals surface area contributed by atoms with Crippen molar-refractivity contribution in [2.75, 3.05) is 12.4 Å². The van der Waals surface area contributed by atoms with Crippen molar-refractivity contribution in [2.24, 2.45) is 0 Å². The minimum atomic E-state index is -0.447. The lowest BCUT2D eigenvalue weighted by molar-refractivity contribution is 0.0600. The van der Waals surface area contributed by atoms with Gasteiger partial charge in [0.15, 0.2) is 0 Å². The van der Waals surface area contributed by atoms with E-state index >= 15 is 0 Å². The number of carbonyl (C=O) groups excluding carboxylic acids is 2. The average molecular weight is 364 g/mol. The highest BCUT2D eigenvalue weighted by atomic mass is 32.2. The summed E-state index contributed by atoms with van der Waals surface area (Å²) in [5.74, 6) is -0.696. The Labute approximate surface area is 155 Å². The molecule has 5 nitrogen and oxygen atoms in total. The summed E-state index contributed by atoms with van der Waals surface area (Å²) in [6.07, 6.45) is 1.74. The van der Waals surface area contributed by atoms with Crippen molar-refractivity contribution in [2.45, 2.75) is 9.92 Å². The SMILES string of the molecule is COC(=O)c1cccc(NC(=O)c2ccc(Sc3ccccn3)cc2)c1. The van der Waals surface area contributed by atoms with Crippen LogP contribution < -0.4 is 5.32 Å². The summed E-state index contributed by atoms with van der Waals surface area (Å²) in [6.45, 7) is 0. The lowest BCUT2D eigenvalue weighted by atomic mass is 10.1. The smallest absolute Gasteiger partial charge is 0.337 e. The van der Waals surface area contributed by atoms with Gasteiger partial charge in [0.1, 0.15) is 5.03 Å². The first kappa shape index (κ1) is 17.7. The van der Waals surface area contributed by atoms with E-state index in [1.54, 1.807) is 42.6 Å². The maximum atomic E-state index is 12.4. The molecule has 0 aliphatic rings. The molecule has 1 N–H and O–H groups in total. The Morgan fingerprint density at radius 2 is 1.77 bits per heavy atom. The number of rotatable bonds is 5. The number of aromatic nitrogens is 1. The molecule has 130 valence electrons. The number of pyridine rings is 1. The van der Waals surface area contributed by atoms with E-state index in [0.717, 1.165) is 9.92 Å². The number of amides is 1. The van der Waals surface area contributed by atoms with Crippen LogP contribution in [0, 0.1) is 0 Å². The molecule has 0 bridgehead atoms. The van der Waals surface area contributed by atoms with Crippen molar-refractivity contribution in [3.63, 3.8) is 0 Å². The topological polar surface area (TPSA) is 68.3 Å². The van der Waals surface area contributed by atoms with Crippen molar-refractivity contribution in [1.29, 1.82) is 0 Å². The third-order valence-corrected chi connectivity index (χ3v) is 4.48. The van der Waals surface area contributed by atoms with Gasteiger partial charge >= 0.3 is 5.97 Å². The summed E-state index contributed by atoms with van der Waals surface area (Å²) in [5, 5.41) is 3.67. The molecular weight excluding hydrogens is 348 g/mol. The average Bonchev–Trinajstić information content (AvgIpc) is 2.69. The quantitative estimate of drug-likeness (QED) is 0.685. The van der Waals surface area contributed by atoms with Gasteiger partial charge in [-0.05, 0) is 54.6 Å². The fraction of sp³-hybridized carbons (Fsp3) is 0.0500. The van der Waals surface area contributed by atoms with Crippen molar-refractivity contribution < 1.29 is 14.3 Å². The molecule has 6 heteroatoms. The number of hydrogen-bond acceptors (Lipinski definition) is 5. The molecule has 3 rings (SSSR count). The van der Waals surface area contributed by atoms with Gasteiger partial charge in [-0.25, -0.2) is 9.78 Å². The third-order valence-electron chi connectivity index (χ3n) is 3.52. The third kappa shape index (κ3) is 4.49. The van der Waals surface area contributed by atoms with Crippen LogP contribution in [0.15, 0.2) is 82.8 Å². The maximum Gasteiger partial charge on any atom is 0.337 e. The van der Waals surface area contributed by atoms with E-state index in [4.69, 9.17) is 0 Å². The van der Waals surface area contributed by atoms with Gasteiger partial charge in [-0.3, -0.25) is 4.79 Å². The van der Waals surface area contributed by atoms with E-state index in [1.807, 2.05) is 30.3 Å². The molecule has 2 aromatic carbocycles. The molecule has 26 heavy (non-hydrogen) atoms. The molecular formula is C20H16N2O3S. The summed E-state index contributed by atoms with van der Waals surface area (Å²) in [6, 6.07) is 19.6. The van der Waals surface area contributed by atoms with Crippen LogP contribution in [-0.2, 0) is 4.74 Å². The number of esters is 1. The number of hydrogen-bond donors (Lipinski definition) is 1. The number of nitrogens with one attached hydrogen (secondary N) is 1. The predicted molar refractivity (Wildman–Crippen MR) is 101 cm³/mol. The maximum absolute atomic E-state index is 12.4. The van der Waals surface area contributed by atoms with Crippen molar-refractivity contribution in [3.8, 4) is 0 Å². The second kappa shape index (κ2) is 8.31. The number of carbonyl (C=O) groups is 2. The Morgan fingerprint density at radius 1 is 0.962 bits per heavy atom. The molecule has 1 heterocycles. The van der Waals surface area contributed by atoms with Crippen LogP contribution in [0.4, 0.5) is 5.69 Å². The van der Waals surface area contributed by atoms with Crippen molar-refractivity contribution >= 4 is 29.3 Å². The van der Waals surface area contributed by atoms with Crippen molar-refractivity contribution in [1.82, 2.24) is 4.98 Å². The highest BCUT2D eigenvalue weighted by Gasteiger charge is 2.09. The Kier molecular flexibility index (Phi) is 5.66. The molecule has 0 saturated carbocycles. The van der Waals surface area contributed by atoms with E-state index in [2.05, 4.69) is 15.0 Å². The molecule has 0 saturated heterocycles. The second-order valence-electron chi connectivity index (χ2n) is 5.32. The summed E-state index contributed by atoms with van der Waals surface area (Å²) in [5.41, 5.74) is 1.44. The first-order valence-corrected chi connectivity index (χ1v) is 8.66. The van der Waals surface area contributed by atoms with E-state index in [1.165, 1.54) is 18.9 Å².